The summed E-state index contributed by atoms with van der Waals surface area (Å²) in [7, 11) is 0. The second-order valence-corrected chi connectivity index (χ2v) is 19.9. The number of hydrogen-bond acceptors (Lipinski definition) is 6. The van der Waals surface area contributed by atoms with Gasteiger partial charge in [0.2, 0.25) is 0 Å². The molecule has 0 fully saturated rings. The van der Waals surface area contributed by atoms with Gasteiger partial charge in [-0.25, -0.2) is 0 Å². The molecule has 6 nitrogen and oxygen atoms in total. The molecule has 0 aliphatic rings. The number of hydrogen-bond donors (Lipinski definition) is 0. The van der Waals surface area contributed by atoms with E-state index < -0.39 is 6.10 Å². The van der Waals surface area contributed by atoms with Crippen molar-refractivity contribution < 1.29 is 28.6 Å². The first-order valence-corrected chi connectivity index (χ1v) is 29.9. The van der Waals surface area contributed by atoms with E-state index in [4.69, 9.17) is 14.2 Å². The topological polar surface area (TPSA) is 78.9 Å². The van der Waals surface area contributed by atoms with Gasteiger partial charge in [0.25, 0.3) is 0 Å². The molecule has 0 saturated heterocycles. The molecule has 0 aromatic rings. The van der Waals surface area contributed by atoms with Crippen LogP contribution in [0.25, 0.3) is 0 Å². The first-order valence-electron chi connectivity index (χ1n) is 29.9. The quantitative estimate of drug-likeness (QED) is 0.0261. The molecule has 0 heterocycles. The maximum Gasteiger partial charge on any atom is 0.306 e. The summed E-state index contributed by atoms with van der Waals surface area (Å²) < 4.78 is 16.9. The minimum atomic E-state index is -0.781. The van der Waals surface area contributed by atoms with Gasteiger partial charge in [0.1, 0.15) is 13.2 Å². The summed E-state index contributed by atoms with van der Waals surface area (Å²) in [5, 5.41) is 0. The third-order valence-corrected chi connectivity index (χ3v) is 12.9. The van der Waals surface area contributed by atoms with Gasteiger partial charge in [0, 0.05) is 19.3 Å². The standard InChI is InChI=1S/C64H112O6/c1-4-7-10-13-16-19-22-24-26-28-30-31-32-33-34-36-37-39-42-45-48-51-54-57-63(66)69-60-61(59-68-62(65)56-53-50-47-44-41-21-18-15-12-9-6-3)70-64(67)58-55-52-49-46-43-40-38-35-29-27-25-23-20-17-14-11-8-5-2/h7,10,16,19,24,26-27,29-31,33-34,61H,4-6,8-9,11-15,17-18,20-23,25,28,32,35-60H2,1-3H3/b10-7-,19-16-,26-24-,29-27-,31-30-,34-33-. The maximum absolute atomic E-state index is 12.9. The fourth-order valence-electron chi connectivity index (χ4n) is 8.47. The van der Waals surface area contributed by atoms with Crippen molar-refractivity contribution in [3.05, 3.63) is 72.9 Å². The van der Waals surface area contributed by atoms with Gasteiger partial charge in [-0.1, -0.05) is 261 Å². The van der Waals surface area contributed by atoms with Gasteiger partial charge in [-0.2, -0.15) is 0 Å². The normalized spacial score (nSPS) is 12.6. The van der Waals surface area contributed by atoms with E-state index in [0.717, 1.165) is 96.3 Å². The fourth-order valence-corrected chi connectivity index (χ4v) is 8.47. The van der Waals surface area contributed by atoms with Gasteiger partial charge < -0.3 is 14.2 Å². The summed E-state index contributed by atoms with van der Waals surface area (Å²) in [6, 6.07) is 0. The molecule has 0 rings (SSSR count). The Labute approximate surface area is 433 Å². The molecule has 6 heteroatoms. The van der Waals surface area contributed by atoms with Crippen LogP contribution in [0.5, 0.6) is 0 Å². The highest BCUT2D eigenvalue weighted by molar-refractivity contribution is 5.71. The van der Waals surface area contributed by atoms with Crippen LogP contribution in [0.4, 0.5) is 0 Å². The Kier molecular flexibility index (Phi) is 55.8. The fraction of sp³-hybridized carbons (Fsp3) is 0.766. The summed E-state index contributed by atoms with van der Waals surface area (Å²) in [5.41, 5.74) is 0. The van der Waals surface area contributed by atoms with Gasteiger partial charge in [-0.05, 0) is 89.9 Å². The molecule has 0 aromatic heterocycles. The molecule has 0 aliphatic carbocycles. The Morgan fingerprint density at radius 1 is 0.300 bits per heavy atom. The van der Waals surface area contributed by atoms with Crippen LogP contribution in [0.2, 0.25) is 0 Å². The SMILES string of the molecule is CC/C=C\C/C=C\C/C=C\C/C=C\C/C=C\CCCCCCCCCC(=O)OCC(COC(=O)CCCCCCCCCCCCC)OC(=O)CCCCCCCCC/C=C\CCCCCCCCC. The molecular weight excluding hydrogens is 865 g/mol. The summed E-state index contributed by atoms with van der Waals surface area (Å²) in [5.74, 6) is -0.884. The van der Waals surface area contributed by atoms with Crippen LogP contribution >= 0.6 is 0 Å². The lowest BCUT2D eigenvalue weighted by Crippen LogP contribution is -2.30. The van der Waals surface area contributed by atoms with Crippen molar-refractivity contribution in [3.8, 4) is 0 Å². The number of carbonyl (C=O) groups excluding carboxylic acids is 3. The van der Waals surface area contributed by atoms with Crippen molar-refractivity contribution in [2.75, 3.05) is 13.2 Å². The van der Waals surface area contributed by atoms with Gasteiger partial charge in [0.15, 0.2) is 6.10 Å². The third-order valence-electron chi connectivity index (χ3n) is 12.9. The largest absolute Gasteiger partial charge is 0.462 e. The number of rotatable bonds is 54. The minimum Gasteiger partial charge on any atom is -0.462 e. The third kappa shape index (κ3) is 55.8. The molecule has 0 amide bonds. The zero-order chi connectivity index (χ0) is 50.7. The molecular formula is C64H112O6. The Balaban J connectivity index is 4.33. The Hall–Kier alpha value is -3.15. The van der Waals surface area contributed by atoms with Crippen LogP contribution in [0.15, 0.2) is 72.9 Å². The second-order valence-electron chi connectivity index (χ2n) is 19.9. The maximum atomic E-state index is 12.9. The molecule has 0 radical (unpaired) electrons. The predicted octanol–water partition coefficient (Wildman–Crippen LogP) is 20.2. The first kappa shape index (κ1) is 66.9. The molecule has 0 aromatic carbocycles. The van der Waals surface area contributed by atoms with Crippen molar-refractivity contribution in [2.45, 2.75) is 303 Å². The van der Waals surface area contributed by atoms with Gasteiger partial charge in [0.05, 0.1) is 0 Å². The summed E-state index contributed by atoms with van der Waals surface area (Å²) in [4.78, 5) is 38.2. The van der Waals surface area contributed by atoms with Crippen molar-refractivity contribution >= 4 is 17.9 Å². The van der Waals surface area contributed by atoms with Crippen molar-refractivity contribution in [1.82, 2.24) is 0 Å². The number of esters is 3. The van der Waals surface area contributed by atoms with Crippen molar-refractivity contribution in [2.24, 2.45) is 0 Å². The monoisotopic (exact) mass is 977 g/mol. The number of carbonyl (C=O) groups is 3. The van der Waals surface area contributed by atoms with E-state index in [1.807, 2.05) is 0 Å². The molecule has 0 bridgehead atoms. The Bertz CT molecular complexity index is 1310. The van der Waals surface area contributed by atoms with E-state index in [-0.39, 0.29) is 31.1 Å². The van der Waals surface area contributed by atoms with Crippen molar-refractivity contribution in [3.63, 3.8) is 0 Å². The molecule has 0 aliphatic heterocycles. The molecule has 0 N–H and O–H groups in total. The van der Waals surface area contributed by atoms with Crippen LogP contribution in [-0.4, -0.2) is 37.2 Å². The van der Waals surface area contributed by atoms with E-state index in [0.29, 0.717) is 19.3 Å². The molecule has 70 heavy (non-hydrogen) atoms. The smallest absolute Gasteiger partial charge is 0.306 e. The van der Waals surface area contributed by atoms with E-state index in [2.05, 4.69) is 93.7 Å². The van der Waals surface area contributed by atoms with Gasteiger partial charge in [-0.3, -0.25) is 14.4 Å². The predicted molar refractivity (Wildman–Crippen MR) is 302 cm³/mol. The summed E-state index contributed by atoms with van der Waals surface area (Å²) >= 11 is 0. The van der Waals surface area contributed by atoms with Crippen LogP contribution < -0.4 is 0 Å². The van der Waals surface area contributed by atoms with Crippen molar-refractivity contribution in [1.29, 1.82) is 0 Å². The Morgan fingerprint density at radius 3 is 0.886 bits per heavy atom. The van der Waals surface area contributed by atoms with Crippen LogP contribution in [-0.2, 0) is 28.6 Å². The lowest BCUT2D eigenvalue weighted by molar-refractivity contribution is -0.167. The average molecular weight is 978 g/mol. The van der Waals surface area contributed by atoms with E-state index in [1.165, 1.54) is 161 Å². The zero-order valence-corrected chi connectivity index (χ0v) is 46.3. The highest BCUT2D eigenvalue weighted by atomic mass is 16.6. The van der Waals surface area contributed by atoms with Gasteiger partial charge in [-0.15, -0.1) is 0 Å². The van der Waals surface area contributed by atoms with Crippen LogP contribution in [0.3, 0.4) is 0 Å². The molecule has 404 valence electrons. The summed E-state index contributed by atoms with van der Waals surface area (Å²) in [6.45, 7) is 6.53. The number of unbranched alkanes of at least 4 members (excludes halogenated alkanes) is 31. The molecule has 0 saturated carbocycles. The minimum absolute atomic E-state index is 0.0781. The zero-order valence-electron chi connectivity index (χ0n) is 46.3. The molecule has 0 spiro atoms. The first-order chi connectivity index (χ1) is 34.5. The van der Waals surface area contributed by atoms with Crippen LogP contribution in [0, 0.1) is 0 Å². The lowest BCUT2D eigenvalue weighted by atomic mass is 10.1. The van der Waals surface area contributed by atoms with E-state index >= 15 is 0 Å². The number of ether oxygens (including phenoxy) is 3. The second kappa shape index (κ2) is 58.4. The Morgan fingerprint density at radius 2 is 0.557 bits per heavy atom. The highest BCUT2D eigenvalue weighted by Gasteiger charge is 2.19. The van der Waals surface area contributed by atoms with E-state index in [9.17, 15) is 14.4 Å². The lowest BCUT2D eigenvalue weighted by Gasteiger charge is -2.18. The molecule has 1 atom stereocenters. The number of allylic oxidation sites excluding steroid dienone is 12. The van der Waals surface area contributed by atoms with Gasteiger partial charge >= 0.3 is 17.9 Å². The average Bonchev–Trinajstić information content (AvgIpc) is 3.36. The van der Waals surface area contributed by atoms with E-state index in [1.54, 1.807) is 0 Å². The summed E-state index contributed by atoms with van der Waals surface area (Å²) in [6.07, 6.45) is 74.7. The highest BCUT2D eigenvalue weighted by Crippen LogP contribution is 2.16. The van der Waals surface area contributed by atoms with Crippen LogP contribution in [0.1, 0.15) is 297 Å². The molecule has 1 unspecified atom stereocenters.